The van der Waals surface area contributed by atoms with Crippen molar-refractivity contribution in [2.24, 2.45) is 12.8 Å². The van der Waals surface area contributed by atoms with Crippen LogP contribution in [0.2, 0.25) is 0 Å². The molecule has 0 fully saturated rings. The van der Waals surface area contributed by atoms with Crippen molar-refractivity contribution in [3.63, 3.8) is 0 Å². The summed E-state index contributed by atoms with van der Waals surface area (Å²) in [6.07, 6.45) is 1.41. The first-order valence-corrected chi connectivity index (χ1v) is 8.82. The van der Waals surface area contributed by atoms with Crippen LogP contribution in [0.25, 0.3) is 0 Å². The molecule has 0 amide bonds. The maximum absolute atomic E-state index is 13.2. The number of nitrogens with zero attached hydrogens (tertiary/aromatic N) is 3. The Bertz CT molecular complexity index is 588. The summed E-state index contributed by atoms with van der Waals surface area (Å²) in [5, 5.41) is 4.23. The normalized spacial score (nSPS) is 15.4. The zero-order valence-corrected chi connectivity index (χ0v) is 14.8. The Morgan fingerprint density at radius 3 is 2.24 bits per heavy atom. The van der Waals surface area contributed by atoms with Gasteiger partial charge in [0.2, 0.25) is 10.0 Å². The van der Waals surface area contributed by atoms with Gasteiger partial charge in [0.1, 0.15) is 4.90 Å². The zero-order chi connectivity index (χ0) is 16.4. The van der Waals surface area contributed by atoms with E-state index in [1.165, 1.54) is 0 Å². The Morgan fingerprint density at radius 2 is 1.90 bits per heavy atom. The molecule has 21 heavy (non-hydrogen) atoms. The molecule has 1 heterocycles. The molecular formula is C14H28N4O2S. The minimum absolute atomic E-state index is 0.293. The second-order valence-electron chi connectivity index (χ2n) is 5.76. The van der Waals surface area contributed by atoms with Crippen molar-refractivity contribution in [1.82, 2.24) is 14.1 Å². The average Bonchev–Trinajstić information content (AvgIpc) is 2.68. The Labute approximate surface area is 128 Å². The molecule has 1 atom stereocenters. The minimum atomic E-state index is -3.62. The highest BCUT2D eigenvalue weighted by Gasteiger charge is 2.40. The molecular weight excluding hydrogens is 288 g/mol. The Morgan fingerprint density at radius 1 is 1.33 bits per heavy atom. The maximum atomic E-state index is 13.2. The zero-order valence-electron chi connectivity index (χ0n) is 14.0. The maximum Gasteiger partial charge on any atom is 0.247 e. The number of hydrogen-bond acceptors (Lipinski definition) is 4. The SMILES string of the molecule is CCCN(C(C)(CC)CN)S(=O)(=O)c1c(C)nn(C)c1C. The van der Waals surface area contributed by atoms with E-state index in [9.17, 15) is 8.42 Å². The third-order valence-electron chi connectivity index (χ3n) is 4.22. The standard InChI is InChI=1S/C14H28N4O2S/c1-7-9-18(14(5,8-2)10-15)21(19,20)13-11(3)16-17(6)12(13)4/h7-10,15H2,1-6H3. The predicted octanol–water partition coefficient (Wildman–Crippen LogP) is 1.57. The summed E-state index contributed by atoms with van der Waals surface area (Å²) in [5.41, 5.74) is 6.49. The monoisotopic (exact) mass is 316 g/mol. The number of rotatable bonds is 7. The van der Waals surface area contributed by atoms with Crippen molar-refractivity contribution in [3.8, 4) is 0 Å². The molecule has 0 spiro atoms. The molecule has 122 valence electrons. The molecule has 0 radical (unpaired) electrons. The van der Waals surface area contributed by atoms with Gasteiger partial charge in [0.05, 0.1) is 11.4 Å². The summed E-state index contributed by atoms with van der Waals surface area (Å²) in [6, 6.07) is 0. The number of sulfonamides is 1. The van der Waals surface area contributed by atoms with E-state index in [0.717, 1.165) is 6.42 Å². The molecule has 0 saturated carbocycles. The lowest BCUT2D eigenvalue weighted by atomic mass is 9.99. The highest BCUT2D eigenvalue weighted by Crippen LogP contribution is 2.30. The summed E-state index contributed by atoms with van der Waals surface area (Å²) >= 11 is 0. The fourth-order valence-electron chi connectivity index (χ4n) is 2.54. The molecule has 1 unspecified atom stereocenters. The van der Waals surface area contributed by atoms with Gasteiger partial charge in [0, 0.05) is 25.7 Å². The van der Waals surface area contributed by atoms with Crippen LogP contribution in [-0.4, -0.2) is 41.1 Å². The Kier molecular flexibility index (Phi) is 5.57. The lowest BCUT2D eigenvalue weighted by molar-refractivity contribution is 0.206. The molecule has 6 nitrogen and oxygen atoms in total. The van der Waals surface area contributed by atoms with Crippen molar-refractivity contribution in [1.29, 1.82) is 0 Å². The summed E-state index contributed by atoms with van der Waals surface area (Å²) in [7, 11) is -1.86. The van der Waals surface area contributed by atoms with Crippen LogP contribution in [-0.2, 0) is 17.1 Å². The fraction of sp³-hybridized carbons (Fsp3) is 0.786. The van der Waals surface area contributed by atoms with Gasteiger partial charge in [-0.05, 0) is 33.6 Å². The first kappa shape index (κ1) is 18.1. The quantitative estimate of drug-likeness (QED) is 0.828. The van der Waals surface area contributed by atoms with E-state index in [2.05, 4.69) is 5.10 Å². The smallest absolute Gasteiger partial charge is 0.247 e. The number of nitrogens with two attached hydrogens (primary N) is 1. The summed E-state index contributed by atoms with van der Waals surface area (Å²) in [4.78, 5) is 0.312. The van der Waals surface area contributed by atoms with Crippen LogP contribution in [0.15, 0.2) is 4.90 Å². The van der Waals surface area contributed by atoms with Crippen LogP contribution in [0.4, 0.5) is 0 Å². The van der Waals surface area contributed by atoms with Crippen LogP contribution in [0, 0.1) is 13.8 Å². The Hall–Kier alpha value is -0.920. The van der Waals surface area contributed by atoms with E-state index in [-0.39, 0.29) is 0 Å². The van der Waals surface area contributed by atoms with Crippen molar-refractivity contribution in [3.05, 3.63) is 11.4 Å². The topological polar surface area (TPSA) is 81.2 Å². The van der Waals surface area contributed by atoms with Crippen LogP contribution in [0.5, 0.6) is 0 Å². The second-order valence-corrected chi connectivity index (χ2v) is 7.55. The molecule has 7 heteroatoms. The molecule has 1 rings (SSSR count). The van der Waals surface area contributed by atoms with Gasteiger partial charge in [-0.2, -0.15) is 9.40 Å². The molecule has 0 aliphatic carbocycles. The van der Waals surface area contributed by atoms with Crippen LogP contribution < -0.4 is 5.73 Å². The van der Waals surface area contributed by atoms with E-state index >= 15 is 0 Å². The number of hydrogen-bond donors (Lipinski definition) is 1. The van der Waals surface area contributed by atoms with Gasteiger partial charge in [-0.3, -0.25) is 4.68 Å². The van der Waals surface area contributed by atoms with E-state index in [4.69, 9.17) is 5.73 Å². The number of aryl methyl sites for hydroxylation is 2. The predicted molar refractivity (Wildman–Crippen MR) is 84.6 cm³/mol. The van der Waals surface area contributed by atoms with Crippen molar-refractivity contribution in [2.75, 3.05) is 13.1 Å². The second kappa shape index (κ2) is 6.46. The minimum Gasteiger partial charge on any atom is -0.329 e. The first-order valence-electron chi connectivity index (χ1n) is 7.38. The third-order valence-corrected chi connectivity index (χ3v) is 6.53. The van der Waals surface area contributed by atoms with E-state index in [0.29, 0.717) is 35.8 Å². The average molecular weight is 316 g/mol. The molecule has 0 aliphatic rings. The van der Waals surface area contributed by atoms with Gasteiger partial charge in [-0.1, -0.05) is 13.8 Å². The third kappa shape index (κ3) is 3.14. The fourth-order valence-corrected chi connectivity index (χ4v) is 4.89. The van der Waals surface area contributed by atoms with Gasteiger partial charge in [0.15, 0.2) is 0 Å². The largest absolute Gasteiger partial charge is 0.329 e. The summed E-state index contributed by atoms with van der Waals surface area (Å²) in [6.45, 7) is 10.1. The Balaban J connectivity index is 3.49. The van der Waals surface area contributed by atoms with E-state index in [1.807, 2.05) is 20.8 Å². The van der Waals surface area contributed by atoms with E-state index in [1.54, 1.807) is 29.9 Å². The highest BCUT2D eigenvalue weighted by molar-refractivity contribution is 7.89. The lowest BCUT2D eigenvalue weighted by Gasteiger charge is -2.38. The van der Waals surface area contributed by atoms with Crippen molar-refractivity contribution < 1.29 is 8.42 Å². The van der Waals surface area contributed by atoms with Gasteiger partial charge >= 0.3 is 0 Å². The number of aromatic nitrogens is 2. The molecule has 0 aromatic carbocycles. The van der Waals surface area contributed by atoms with Crippen LogP contribution in [0.3, 0.4) is 0 Å². The highest BCUT2D eigenvalue weighted by atomic mass is 32.2. The van der Waals surface area contributed by atoms with Crippen molar-refractivity contribution in [2.45, 2.75) is 57.9 Å². The van der Waals surface area contributed by atoms with Gasteiger partial charge in [0.25, 0.3) is 0 Å². The van der Waals surface area contributed by atoms with Crippen molar-refractivity contribution >= 4 is 10.0 Å². The molecule has 2 N–H and O–H groups in total. The van der Waals surface area contributed by atoms with Gasteiger partial charge in [-0.15, -0.1) is 0 Å². The van der Waals surface area contributed by atoms with Gasteiger partial charge < -0.3 is 5.73 Å². The first-order chi connectivity index (χ1) is 9.65. The molecule has 0 saturated heterocycles. The molecule has 0 bridgehead atoms. The summed E-state index contributed by atoms with van der Waals surface area (Å²) < 4.78 is 29.5. The lowest BCUT2D eigenvalue weighted by Crippen LogP contribution is -2.54. The summed E-state index contributed by atoms with van der Waals surface area (Å²) in [5.74, 6) is 0. The van der Waals surface area contributed by atoms with Crippen LogP contribution >= 0.6 is 0 Å². The van der Waals surface area contributed by atoms with Gasteiger partial charge in [-0.25, -0.2) is 8.42 Å². The molecule has 1 aromatic rings. The van der Waals surface area contributed by atoms with E-state index < -0.39 is 15.6 Å². The molecule has 0 aliphatic heterocycles. The molecule has 1 aromatic heterocycles. The van der Waals surface area contributed by atoms with Crippen LogP contribution in [0.1, 0.15) is 45.0 Å².